The molecule has 1 fully saturated rings. The van der Waals surface area contributed by atoms with Crippen molar-refractivity contribution in [2.45, 2.75) is 32.6 Å². The molecule has 1 aromatic carbocycles. The maximum atomic E-state index is 13.2. The zero-order valence-electron chi connectivity index (χ0n) is 16.1. The van der Waals surface area contributed by atoms with Gasteiger partial charge in [0.25, 0.3) is 11.8 Å². The van der Waals surface area contributed by atoms with Crippen molar-refractivity contribution in [1.29, 1.82) is 0 Å². The lowest BCUT2D eigenvalue weighted by atomic mass is 9.96. The van der Waals surface area contributed by atoms with Gasteiger partial charge in [-0.1, -0.05) is 31.5 Å². The Balaban J connectivity index is 2.07. The number of ether oxygens (including phenoxy) is 1. The Morgan fingerprint density at radius 3 is 2.70 bits per heavy atom. The summed E-state index contributed by atoms with van der Waals surface area (Å²) in [6, 6.07) is 7.33. The number of methoxy groups -OCH3 is 1. The number of piperidine rings is 1. The summed E-state index contributed by atoms with van der Waals surface area (Å²) in [4.78, 5) is 29.8. The van der Waals surface area contributed by atoms with E-state index in [1.165, 1.54) is 4.90 Å². The first-order valence-corrected chi connectivity index (χ1v) is 9.72. The topological polar surface area (TPSA) is 70.1 Å². The van der Waals surface area contributed by atoms with Gasteiger partial charge in [0.2, 0.25) is 0 Å². The zero-order chi connectivity index (χ0) is 19.4. The molecule has 2 amide bonds. The second-order valence-electron chi connectivity index (χ2n) is 7.18. The van der Waals surface area contributed by atoms with Crippen molar-refractivity contribution in [3.63, 3.8) is 0 Å². The van der Waals surface area contributed by atoms with E-state index in [-0.39, 0.29) is 24.3 Å². The summed E-state index contributed by atoms with van der Waals surface area (Å²) in [5.74, 6) is 0.226. The molecule has 2 heterocycles. The largest absolute Gasteiger partial charge is 0.496 e. The van der Waals surface area contributed by atoms with Crippen LogP contribution in [0.25, 0.3) is 5.57 Å². The van der Waals surface area contributed by atoms with Crippen molar-refractivity contribution in [2.75, 3.05) is 33.4 Å². The van der Waals surface area contributed by atoms with E-state index in [4.69, 9.17) is 4.74 Å². The summed E-state index contributed by atoms with van der Waals surface area (Å²) in [6.07, 6.45) is 3.52. The maximum absolute atomic E-state index is 13.2. The number of hydrogen-bond acceptors (Lipinski definition) is 5. The number of para-hydroxylation sites is 1. The van der Waals surface area contributed by atoms with Gasteiger partial charge in [-0.15, -0.1) is 0 Å². The van der Waals surface area contributed by atoms with Gasteiger partial charge in [-0.3, -0.25) is 14.5 Å². The van der Waals surface area contributed by atoms with Crippen LogP contribution in [0.5, 0.6) is 5.75 Å². The smallest absolute Gasteiger partial charge is 0.277 e. The molecule has 0 aliphatic carbocycles. The van der Waals surface area contributed by atoms with Crippen LogP contribution in [0.3, 0.4) is 0 Å². The molecule has 27 heavy (non-hydrogen) atoms. The van der Waals surface area contributed by atoms with Crippen molar-refractivity contribution in [3.8, 4) is 5.75 Å². The Bertz CT molecular complexity index is 743. The monoisotopic (exact) mass is 372 g/mol. The van der Waals surface area contributed by atoms with Crippen LogP contribution in [0.1, 0.15) is 38.2 Å². The van der Waals surface area contributed by atoms with Gasteiger partial charge in [0, 0.05) is 31.8 Å². The lowest BCUT2D eigenvalue weighted by molar-refractivity contribution is -0.137. The highest BCUT2D eigenvalue weighted by molar-refractivity contribution is 6.36. The number of rotatable bonds is 7. The van der Waals surface area contributed by atoms with Crippen LogP contribution in [0.4, 0.5) is 0 Å². The summed E-state index contributed by atoms with van der Waals surface area (Å²) in [6.45, 7) is 3.86. The summed E-state index contributed by atoms with van der Waals surface area (Å²) in [7, 11) is 1.57. The van der Waals surface area contributed by atoms with Gasteiger partial charge >= 0.3 is 0 Å². The van der Waals surface area contributed by atoms with E-state index < -0.39 is 0 Å². The van der Waals surface area contributed by atoms with E-state index in [9.17, 15) is 14.7 Å². The molecule has 1 unspecified atom stereocenters. The number of unbranched alkanes of at least 4 members (excludes halogenated alkanes) is 1. The molecule has 3 rings (SSSR count). The van der Waals surface area contributed by atoms with Gasteiger partial charge in [0.05, 0.1) is 12.7 Å². The van der Waals surface area contributed by atoms with Crippen LogP contribution >= 0.6 is 0 Å². The molecular formula is C21H28N2O4. The van der Waals surface area contributed by atoms with Gasteiger partial charge in [-0.05, 0) is 31.2 Å². The highest BCUT2D eigenvalue weighted by atomic mass is 16.5. The minimum absolute atomic E-state index is 0.0927. The van der Waals surface area contributed by atoms with Crippen LogP contribution in [0, 0.1) is 5.92 Å². The summed E-state index contributed by atoms with van der Waals surface area (Å²) in [5, 5.41) is 9.58. The average Bonchev–Trinajstić information content (AvgIpc) is 2.96. The zero-order valence-corrected chi connectivity index (χ0v) is 16.1. The van der Waals surface area contributed by atoms with E-state index in [1.54, 1.807) is 13.2 Å². The van der Waals surface area contributed by atoms with E-state index in [0.717, 1.165) is 25.7 Å². The minimum atomic E-state index is -0.251. The van der Waals surface area contributed by atoms with Crippen LogP contribution in [0.2, 0.25) is 0 Å². The average molecular weight is 372 g/mol. The first-order valence-electron chi connectivity index (χ1n) is 9.72. The predicted octanol–water partition coefficient (Wildman–Crippen LogP) is 2.28. The Labute approximate surface area is 160 Å². The summed E-state index contributed by atoms with van der Waals surface area (Å²) < 4.78 is 5.46. The third kappa shape index (κ3) is 3.72. The SMILES string of the molecule is CCCCN1C(=O)C(c2ccccc2OC)=C(N2CCCC(CO)C2)C1=O. The molecule has 1 saturated heterocycles. The molecule has 0 spiro atoms. The first kappa shape index (κ1) is 19.4. The molecule has 0 bridgehead atoms. The highest BCUT2D eigenvalue weighted by Crippen LogP contribution is 2.37. The van der Waals surface area contributed by atoms with Gasteiger partial charge in [-0.25, -0.2) is 0 Å². The second kappa shape index (κ2) is 8.57. The molecule has 2 aliphatic rings. The number of carbonyl (C=O) groups excluding carboxylic acids is 2. The standard InChI is InChI=1S/C21H28N2O4/c1-3-4-12-23-20(25)18(16-9-5-6-10-17(16)27-2)19(21(23)26)22-11-7-8-15(13-22)14-24/h5-6,9-10,15,24H,3-4,7-8,11-14H2,1-2H3. The summed E-state index contributed by atoms with van der Waals surface area (Å²) in [5.41, 5.74) is 1.53. The molecular weight excluding hydrogens is 344 g/mol. The Morgan fingerprint density at radius 1 is 1.22 bits per heavy atom. The molecule has 6 nitrogen and oxygen atoms in total. The van der Waals surface area contributed by atoms with Gasteiger partial charge in [0.15, 0.2) is 0 Å². The number of likely N-dealkylation sites (tertiary alicyclic amines) is 1. The highest BCUT2D eigenvalue weighted by Gasteiger charge is 2.42. The van der Waals surface area contributed by atoms with E-state index in [1.807, 2.05) is 30.0 Å². The quantitative estimate of drug-likeness (QED) is 0.744. The van der Waals surface area contributed by atoms with Crippen LogP contribution in [-0.4, -0.2) is 60.1 Å². The molecule has 0 saturated carbocycles. The van der Waals surface area contributed by atoms with E-state index >= 15 is 0 Å². The number of benzene rings is 1. The maximum Gasteiger partial charge on any atom is 0.277 e. The molecule has 1 N–H and O–H groups in total. The number of carbonyl (C=O) groups is 2. The normalized spacial score (nSPS) is 20.6. The van der Waals surface area contributed by atoms with E-state index in [0.29, 0.717) is 42.2 Å². The molecule has 6 heteroatoms. The second-order valence-corrected chi connectivity index (χ2v) is 7.18. The van der Waals surface area contributed by atoms with Crippen LogP contribution in [0.15, 0.2) is 30.0 Å². The molecule has 1 aromatic rings. The molecule has 0 radical (unpaired) electrons. The van der Waals surface area contributed by atoms with Crippen molar-refractivity contribution >= 4 is 17.4 Å². The van der Waals surface area contributed by atoms with Gasteiger partial charge < -0.3 is 14.7 Å². The number of nitrogens with zero attached hydrogens (tertiary/aromatic N) is 2. The third-order valence-electron chi connectivity index (χ3n) is 5.35. The summed E-state index contributed by atoms with van der Waals surface area (Å²) >= 11 is 0. The lowest BCUT2D eigenvalue weighted by Crippen LogP contribution is -2.40. The van der Waals surface area contributed by atoms with Gasteiger partial charge in [0.1, 0.15) is 11.4 Å². The van der Waals surface area contributed by atoms with Crippen LogP contribution in [-0.2, 0) is 9.59 Å². The first-order chi connectivity index (χ1) is 13.1. The fraction of sp³-hybridized carbons (Fsp3) is 0.524. The Morgan fingerprint density at radius 2 is 2.00 bits per heavy atom. The molecule has 0 aromatic heterocycles. The van der Waals surface area contributed by atoms with E-state index in [2.05, 4.69) is 0 Å². The third-order valence-corrected chi connectivity index (χ3v) is 5.35. The van der Waals surface area contributed by atoms with Gasteiger partial charge in [-0.2, -0.15) is 0 Å². The van der Waals surface area contributed by atoms with Crippen LogP contribution < -0.4 is 4.74 Å². The van der Waals surface area contributed by atoms with Crippen molar-refractivity contribution < 1.29 is 19.4 Å². The number of aliphatic hydroxyl groups is 1. The van der Waals surface area contributed by atoms with Crippen molar-refractivity contribution in [1.82, 2.24) is 9.80 Å². The fourth-order valence-corrected chi connectivity index (χ4v) is 3.89. The molecule has 2 aliphatic heterocycles. The molecule has 1 atom stereocenters. The number of aliphatic hydroxyl groups excluding tert-OH is 1. The number of amides is 2. The lowest BCUT2D eigenvalue weighted by Gasteiger charge is -2.34. The number of imide groups is 1. The number of hydrogen-bond donors (Lipinski definition) is 1. The Kier molecular flexibility index (Phi) is 6.16. The Hall–Kier alpha value is -2.34. The fourth-order valence-electron chi connectivity index (χ4n) is 3.89. The predicted molar refractivity (Wildman–Crippen MR) is 103 cm³/mol. The van der Waals surface area contributed by atoms with Crippen molar-refractivity contribution in [3.05, 3.63) is 35.5 Å². The van der Waals surface area contributed by atoms with Crippen molar-refractivity contribution in [2.24, 2.45) is 5.92 Å². The minimum Gasteiger partial charge on any atom is -0.496 e. The molecule has 146 valence electrons.